The zero-order valence-corrected chi connectivity index (χ0v) is 15.3. The van der Waals surface area contributed by atoms with Gasteiger partial charge in [0.05, 0.1) is 12.2 Å². The summed E-state index contributed by atoms with van der Waals surface area (Å²) < 4.78 is 17.9. The van der Waals surface area contributed by atoms with E-state index in [1.807, 2.05) is 0 Å². The molecule has 5 nitrogen and oxygen atoms in total. The van der Waals surface area contributed by atoms with E-state index in [1.165, 1.54) is 24.3 Å². The number of amides is 1. The summed E-state index contributed by atoms with van der Waals surface area (Å²) in [5.41, 5.74) is 0.926. The molecule has 2 aromatic rings. The fraction of sp³-hybridized carbons (Fsp3) is 0.263. The van der Waals surface area contributed by atoms with E-state index in [-0.39, 0.29) is 24.1 Å². The van der Waals surface area contributed by atoms with Gasteiger partial charge in [-0.1, -0.05) is 18.2 Å². The SMILES string of the molecule is COCCNCCNC(=O)c1ccccc1C(=O)c1ccc(F)cc1.Cl. The fourth-order valence-electron chi connectivity index (χ4n) is 2.29. The van der Waals surface area contributed by atoms with Gasteiger partial charge in [0, 0.05) is 37.9 Å². The standard InChI is InChI=1S/C19H21FN2O3.ClH/c1-25-13-12-21-10-11-22-19(24)17-5-3-2-4-16(17)18(23)14-6-8-15(20)9-7-14;/h2-9,21H,10-13H2,1H3,(H,22,24);1H. The molecule has 26 heavy (non-hydrogen) atoms. The first-order chi connectivity index (χ1) is 12.1. The van der Waals surface area contributed by atoms with Gasteiger partial charge in [-0.25, -0.2) is 4.39 Å². The van der Waals surface area contributed by atoms with E-state index in [9.17, 15) is 14.0 Å². The summed E-state index contributed by atoms with van der Waals surface area (Å²) in [6, 6.07) is 11.9. The Balaban J connectivity index is 0.00000338. The third kappa shape index (κ3) is 6.22. The molecule has 0 aliphatic heterocycles. The van der Waals surface area contributed by atoms with Crippen molar-refractivity contribution in [2.24, 2.45) is 0 Å². The topological polar surface area (TPSA) is 67.4 Å². The summed E-state index contributed by atoms with van der Waals surface area (Å²) in [5, 5.41) is 5.90. The third-order valence-electron chi connectivity index (χ3n) is 3.59. The second-order valence-corrected chi connectivity index (χ2v) is 5.38. The lowest BCUT2D eigenvalue weighted by atomic mass is 9.98. The van der Waals surface area contributed by atoms with Gasteiger partial charge in [0.1, 0.15) is 5.82 Å². The van der Waals surface area contributed by atoms with Crippen LogP contribution in [0, 0.1) is 5.82 Å². The molecule has 2 aromatic carbocycles. The van der Waals surface area contributed by atoms with Crippen molar-refractivity contribution in [3.63, 3.8) is 0 Å². The zero-order chi connectivity index (χ0) is 18.1. The number of methoxy groups -OCH3 is 1. The number of benzene rings is 2. The number of carbonyl (C=O) groups is 2. The van der Waals surface area contributed by atoms with Crippen LogP contribution in [-0.4, -0.2) is 45.0 Å². The van der Waals surface area contributed by atoms with Gasteiger partial charge in [-0.2, -0.15) is 0 Å². The summed E-state index contributed by atoms with van der Waals surface area (Å²) in [6.45, 7) is 2.33. The summed E-state index contributed by atoms with van der Waals surface area (Å²) >= 11 is 0. The van der Waals surface area contributed by atoms with Crippen molar-refractivity contribution >= 4 is 24.1 Å². The van der Waals surface area contributed by atoms with E-state index >= 15 is 0 Å². The molecule has 140 valence electrons. The summed E-state index contributed by atoms with van der Waals surface area (Å²) in [6.07, 6.45) is 0. The van der Waals surface area contributed by atoms with Gasteiger partial charge in [-0.3, -0.25) is 9.59 Å². The molecule has 0 saturated carbocycles. The van der Waals surface area contributed by atoms with Gasteiger partial charge in [-0.05, 0) is 30.3 Å². The minimum Gasteiger partial charge on any atom is -0.383 e. The first-order valence-corrected chi connectivity index (χ1v) is 8.00. The maximum absolute atomic E-state index is 13.0. The molecule has 0 fully saturated rings. The second-order valence-electron chi connectivity index (χ2n) is 5.38. The molecule has 0 spiro atoms. The number of ether oxygens (including phenoxy) is 1. The monoisotopic (exact) mass is 380 g/mol. The van der Waals surface area contributed by atoms with Crippen LogP contribution in [0.15, 0.2) is 48.5 Å². The molecule has 0 radical (unpaired) electrons. The minimum absolute atomic E-state index is 0. The highest BCUT2D eigenvalue weighted by Gasteiger charge is 2.17. The first kappa shape index (κ1) is 21.8. The maximum Gasteiger partial charge on any atom is 0.252 e. The number of hydrogen-bond acceptors (Lipinski definition) is 4. The minimum atomic E-state index is -0.413. The molecule has 0 heterocycles. The molecular formula is C19H22ClFN2O3. The third-order valence-corrected chi connectivity index (χ3v) is 3.59. The molecule has 2 rings (SSSR count). The van der Waals surface area contributed by atoms with Gasteiger partial charge < -0.3 is 15.4 Å². The maximum atomic E-state index is 13.0. The van der Waals surface area contributed by atoms with Crippen LogP contribution < -0.4 is 10.6 Å². The highest BCUT2D eigenvalue weighted by atomic mass is 35.5. The number of ketones is 1. The number of carbonyl (C=O) groups excluding carboxylic acids is 2. The summed E-state index contributed by atoms with van der Waals surface area (Å²) in [7, 11) is 1.62. The Bertz CT molecular complexity index is 723. The van der Waals surface area contributed by atoms with Crippen LogP contribution in [0.3, 0.4) is 0 Å². The van der Waals surface area contributed by atoms with Crippen LogP contribution in [0.1, 0.15) is 26.3 Å². The lowest BCUT2D eigenvalue weighted by molar-refractivity contribution is 0.0942. The van der Waals surface area contributed by atoms with Crippen LogP contribution in [0.5, 0.6) is 0 Å². The van der Waals surface area contributed by atoms with Gasteiger partial charge in [0.2, 0.25) is 0 Å². The molecule has 0 aromatic heterocycles. The molecule has 7 heteroatoms. The first-order valence-electron chi connectivity index (χ1n) is 8.00. The molecular weight excluding hydrogens is 359 g/mol. The molecule has 0 aliphatic carbocycles. The van der Waals surface area contributed by atoms with E-state index in [1.54, 1.807) is 31.4 Å². The number of halogens is 2. The normalized spacial score (nSPS) is 10.1. The van der Waals surface area contributed by atoms with Crippen molar-refractivity contribution in [3.8, 4) is 0 Å². The summed E-state index contributed by atoms with van der Waals surface area (Å²) in [4.78, 5) is 25.0. The van der Waals surface area contributed by atoms with Gasteiger partial charge in [0.25, 0.3) is 5.91 Å². The lowest BCUT2D eigenvalue weighted by Crippen LogP contribution is -2.33. The second kappa shape index (κ2) is 11.4. The number of nitrogens with one attached hydrogen (secondary N) is 2. The van der Waals surface area contributed by atoms with E-state index < -0.39 is 5.82 Å². The Morgan fingerprint density at radius 3 is 2.27 bits per heavy atom. The largest absolute Gasteiger partial charge is 0.383 e. The zero-order valence-electron chi connectivity index (χ0n) is 14.5. The highest BCUT2D eigenvalue weighted by molar-refractivity contribution is 6.15. The van der Waals surface area contributed by atoms with Crippen molar-refractivity contribution in [3.05, 3.63) is 71.0 Å². The molecule has 0 bridgehead atoms. The van der Waals surface area contributed by atoms with E-state index in [2.05, 4.69) is 10.6 Å². The Morgan fingerprint density at radius 2 is 1.62 bits per heavy atom. The summed E-state index contributed by atoms with van der Waals surface area (Å²) in [5.74, 6) is -1.05. The molecule has 0 unspecified atom stereocenters. The lowest BCUT2D eigenvalue weighted by Gasteiger charge is -2.10. The highest BCUT2D eigenvalue weighted by Crippen LogP contribution is 2.15. The molecule has 0 aliphatic rings. The molecule has 1 amide bonds. The van der Waals surface area contributed by atoms with Crippen molar-refractivity contribution in [2.75, 3.05) is 33.4 Å². The fourth-order valence-corrected chi connectivity index (χ4v) is 2.29. The Morgan fingerprint density at radius 1 is 0.962 bits per heavy atom. The van der Waals surface area contributed by atoms with Crippen LogP contribution in [0.25, 0.3) is 0 Å². The van der Waals surface area contributed by atoms with Gasteiger partial charge >= 0.3 is 0 Å². The van der Waals surface area contributed by atoms with Crippen LogP contribution >= 0.6 is 12.4 Å². The average Bonchev–Trinajstić information content (AvgIpc) is 2.64. The van der Waals surface area contributed by atoms with E-state index in [0.29, 0.717) is 42.9 Å². The van der Waals surface area contributed by atoms with E-state index in [0.717, 1.165) is 0 Å². The smallest absolute Gasteiger partial charge is 0.252 e. The number of rotatable bonds is 9. The van der Waals surface area contributed by atoms with Crippen LogP contribution in [-0.2, 0) is 4.74 Å². The Kier molecular flexibility index (Phi) is 9.51. The number of hydrogen-bond donors (Lipinski definition) is 2. The average molecular weight is 381 g/mol. The molecule has 2 N–H and O–H groups in total. The van der Waals surface area contributed by atoms with Crippen molar-refractivity contribution < 1.29 is 18.7 Å². The van der Waals surface area contributed by atoms with Crippen LogP contribution in [0.4, 0.5) is 4.39 Å². The van der Waals surface area contributed by atoms with E-state index in [4.69, 9.17) is 4.74 Å². The van der Waals surface area contributed by atoms with Crippen molar-refractivity contribution in [1.29, 1.82) is 0 Å². The Hall–Kier alpha value is -2.28. The van der Waals surface area contributed by atoms with Gasteiger partial charge in [0.15, 0.2) is 5.78 Å². The van der Waals surface area contributed by atoms with Gasteiger partial charge in [-0.15, -0.1) is 12.4 Å². The van der Waals surface area contributed by atoms with Crippen molar-refractivity contribution in [2.45, 2.75) is 0 Å². The predicted molar refractivity (Wildman–Crippen MR) is 101 cm³/mol. The van der Waals surface area contributed by atoms with Crippen molar-refractivity contribution in [1.82, 2.24) is 10.6 Å². The predicted octanol–water partition coefficient (Wildman–Crippen LogP) is 2.44. The Labute approximate surface area is 158 Å². The molecule has 0 atom stereocenters. The van der Waals surface area contributed by atoms with Crippen LogP contribution in [0.2, 0.25) is 0 Å². The quantitative estimate of drug-likeness (QED) is 0.518. The molecule has 0 saturated heterocycles.